The molecule has 29 heavy (non-hydrogen) atoms. The van der Waals surface area contributed by atoms with Crippen LogP contribution in [0.15, 0.2) is 59.4 Å². The van der Waals surface area contributed by atoms with E-state index >= 15 is 0 Å². The third-order valence-corrected chi connectivity index (χ3v) is 4.31. The molecular weight excluding hydrogens is 376 g/mol. The van der Waals surface area contributed by atoms with Gasteiger partial charge >= 0.3 is 0 Å². The number of H-pyrrole nitrogens is 1. The van der Waals surface area contributed by atoms with E-state index < -0.39 is 16.4 Å². The molecule has 2 heterocycles. The highest BCUT2D eigenvalue weighted by molar-refractivity contribution is 6.04. The molecule has 0 saturated heterocycles. The van der Waals surface area contributed by atoms with E-state index in [-0.39, 0.29) is 22.8 Å². The van der Waals surface area contributed by atoms with Crippen molar-refractivity contribution in [3.05, 3.63) is 86.2 Å². The van der Waals surface area contributed by atoms with Crippen LogP contribution >= 0.6 is 0 Å². The lowest BCUT2D eigenvalue weighted by Gasteiger charge is -2.06. The number of nitro benzene ring substituents is 1. The Balaban J connectivity index is 1.72. The number of aryl methyl sites for hydroxylation is 1. The Morgan fingerprint density at radius 3 is 2.59 bits per heavy atom. The summed E-state index contributed by atoms with van der Waals surface area (Å²) in [6.07, 6.45) is 0. The number of rotatable bonds is 4. The Bertz CT molecular complexity index is 1310. The molecule has 2 aromatic carbocycles. The third-order valence-electron chi connectivity index (χ3n) is 4.31. The molecule has 10 nitrogen and oxygen atoms in total. The van der Waals surface area contributed by atoms with E-state index in [2.05, 4.69) is 20.4 Å². The summed E-state index contributed by atoms with van der Waals surface area (Å²) in [6, 6.07) is 13.8. The zero-order valence-corrected chi connectivity index (χ0v) is 15.1. The summed E-state index contributed by atoms with van der Waals surface area (Å²) in [6.45, 7) is 1.92. The van der Waals surface area contributed by atoms with Crippen LogP contribution in [0.1, 0.15) is 15.9 Å². The van der Waals surface area contributed by atoms with E-state index in [1.165, 1.54) is 34.8 Å². The smallest absolute Gasteiger partial charge is 0.269 e. The highest BCUT2D eigenvalue weighted by Gasteiger charge is 2.15. The lowest BCUT2D eigenvalue weighted by Crippen LogP contribution is -2.18. The first kappa shape index (κ1) is 18.0. The number of hydrogen-bond acceptors (Lipinski definition) is 6. The van der Waals surface area contributed by atoms with Gasteiger partial charge in [0.15, 0.2) is 5.82 Å². The number of carbonyl (C=O) groups excluding carboxylic acids is 1. The van der Waals surface area contributed by atoms with Crippen LogP contribution in [0.5, 0.6) is 0 Å². The van der Waals surface area contributed by atoms with Gasteiger partial charge in [0.05, 0.1) is 4.92 Å². The van der Waals surface area contributed by atoms with Gasteiger partial charge in [-0.05, 0) is 24.6 Å². The number of carbonyl (C=O) groups is 1. The van der Waals surface area contributed by atoms with Crippen molar-refractivity contribution in [2.75, 3.05) is 5.32 Å². The fourth-order valence-electron chi connectivity index (χ4n) is 2.84. The molecule has 10 heteroatoms. The zero-order valence-electron chi connectivity index (χ0n) is 15.1. The number of aromatic amines is 1. The molecule has 0 aliphatic heterocycles. The van der Waals surface area contributed by atoms with Gasteiger partial charge in [-0.25, -0.2) is 0 Å². The Morgan fingerprint density at radius 1 is 1.17 bits per heavy atom. The number of fused-ring (bicyclic) bond motifs is 1. The van der Waals surface area contributed by atoms with Gasteiger partial charge in [-0.1, -0.05) is 24.3 Å². The topological polar surface area (TPSA) is 135 Å². The summed E-state index contributed by atoms with van der Waals surface area (Å²) < 4.78 is 1.33. The van der Waals surface area contributed by atoms with Gasteiger partial charge in [0.1, 0.15) is 5.82 Å². The number of hydrogen-bond donors (Lipinski definition) is 2. The molecule has 0 unspecified atom stereocenters. The summed E-state index contributed by atoms with van der Waals surface area (Å²) in [5, 5.41) is 17.8. The van der Waals surface area contributed by atoms with Crippen molar-refractivity contribution in [2.24, 2.45) is 0 Å². The minimum absolute atomic E-state index is 0.124. The number of amides is 1. The highest BCUT2D eigenvalue weighted by Crippen LogP contribution is 2.21. The minimum atomic E-state index is -0.551. The molecule has 4 rings (SSSR count). The van der Waals surface area contributed by atoms with Gasteiger partial charge in [-0.15, -0.1) is 5.10 Å². The molecule has 0 spiro atoms. The van der Waals surface area contributed by atoms with Crippen LogP contribution in [0.3, 0.4) is 0 Å². The molecule has 0 aliphatic rings. The Labute approximate surface area is 163 Å². The van der Waals surface area contributed by atoms with Crippen molar-refractivity contribution >= 4 is 23.2 Å². The van der Waals surface area contributed by atoms with E-state index in [1.807, 2.05) is 31.2 Å². The molecule has 1 amide bonds. The van der Waals surface area contributed by atoms with E-state index in [4.69, 9.17) is 0 Å². The summed E-state index contributed by atoms with van der Waals surface area (Å²) in [5.41, 5.74) is 1.37. The molecule has 0 atom stereocenters. The Kier molecular flexibility index (Phi) is 4.36. The second-order valence-corrected chi connectivity index (χ2v) is 6.26. The first-order chi connectivity index (χ1) is 13.9. The second kappa shape index (κ2) is 7.00. The van der Waals surface area contributed by atoms with Crippen molar-refractivity contribution in [2.45, 2.75) is 6.92 Å². The largest absolute Gasteiger partial charge is 0.306 e. The lowest BCUT2D eigenvalue weighted by atomic mass is 10.1. The van der Waals surface area contributed by atoms with Crippen molar-refractivity contribution in [3.8, 4) is 11.4 Å². The minimum Gasteiger partial charge on any atom is -0.306 e. The summed E-state index contributed by atoms with van der Waals surface area (Å²) in [5.74, 6) is 0.157. The molecule has 144 valence electrons. The number of anilines is 1. The molecular formula is C19H14N6O4. The predicted molar refractivity (Wildman–Crippen MR) is 105 cm³/mol. The van der Waals surface area contributed by atoms with Gasteiger partial charge < -0.3 is 5.32 Å². The lowest BCUT2D eigenvalue weighted by molar-refractivity contribution is -0.384. The molecule has 0 bridgehead atoms. The number of nitrogens with zero attached hydrogens (tertiary/aromatic N) is 4. The SMILES string of the molecule is Cc1ccccc1-c1nc2[nH]c(=O)cc(NC(=O)c3ccc([N+](=O)[O-])cc3)n2n1. The van der Waals surface area contributed by atoms with Gasteiger partial charge in [-0.2, -0.15) is 9.50 Å². The maximum atomic E-state index is 12.5. The van der Waals surface area contributed by atoms with Crippen LogP contribution in [0, 0.1) is 17.0 Å². The van der Waals surface area contributed by atoms with E-state index in [0.29, 0.717) is 5.82 Å². The predicted octanol–water partition coefficient (Wildman–Crippen LogP) is 2.55. The van der Waals surface area contributed by atoms with E-state index in [0.717, 1.165) is 11.1 Å². The summed E-state index contributed by atoms with van der Waals surface area (Å²) in [7, 11) is 0. The van der Waals surface area contributed by atoms with Crippen LogP contribution in [0.4, 0.5) is 11.5 Å². The number of non-ortho nitro benzene ring substituents is 1. The average molecular weight is 390 g/mol. The van der Waals surface area contributed by atoms with Crippen LogP contribution in [0.2, 0.25) is 0 Å². The molecule has 4 aromatic rings. The van der Waals surface area contributed by atoms with Crippen molar-refractivity contribution in [1.29, 1.82) is 0 Å². The number of nitro groups is 1. The van der Waals surface area contributed by atoms with Crippen LogP contribution in [-0.2, 0) is 0 Å². The standard InChI is InChI=1S/C19H14N6O4/c1-11-4-2-3-5-14(11)17-22-19-21-16(26)10-15(24(19)23-17)20-18(27)12-6-8-13(9-7-12)25(28)29/h2-10H,1H3,(H,20,27)(H,21,22,23,26). The van der Waals surface area contributed by atoms with Crippen LogP contribution in [-0.4, -0.2) is 30.4 Å². The number of benzene rings is 2. The van der Waals surface area contributed by atoms with Crippen molar-refractivity contribution < 1.29 is 9.72 Å². The van der Waals surface area contributed by atoms with Crippen molar-refractivity contribution in [3.63, 3.8) is 0 Å². The molecule has 0 fully saturated rings. The van der Waals surface area contributed by atoms with E-state index in [9.17, 15) is 19.7 Å². The normalized spacial score (nSPS) is 10.8. The molecule has 0 aliphatic carbocycles. The average Bonchev–Trinajstić information content (AvgIpc) is 3.12. The van der Waals surface area contributed by atoms with Crippen molar-refractivity contribution in [1.82, 2.24) is 19.6 Å². The fourth-order valence-corrected chi connectivity index (χ4v) is 2.84. The summed E-state index contributed by atoms with van der Waals surface area (Å²) >= 11 is 0. The fraction of sp³-hybridized carbons (Fsp3) is 0.0526. The summed E-state index contributed by atoms with van der Waals surface area (Å²) in [4.78, 5) is 41.6. The van der Waals surface area contributed by atoms with Crippen LogP contribution in [0.25, 0.3) is 17.2 Å². The molecule has 0 radical (unpaired) electrons. The Hall–Kier alpha value is -4.34. The maximum Gasteiger partial charge on any atom is 0.269 e. The van der Waals surface area contributed by atoms with Gasteiger partial charge in [-0.3, -0.25) is 24.7 Å². The van der Waals surface area contributed by atoms with Gasteiger partial charge in [0.2, 0.25) is 5.78 Å². The van der Waals surface area contributed by atoms with Gasteiger partial charge in [0.25, 0.3) is 17.2 Å². The number of aromatic nitrogens is 4. The molecule has 2 N–H and O–H groups in total. The van der Waals surface area contributed by atoms with Gasteiger partial charge in [0, 0.05) is 29.3 Å². The van der Waals surface area contributed by atoms with E-state index in [1.54, 1.807) is 0 Å². The zero-order chi connectivity index (χ0) is 20.5. The first-order valence-corrected chi connectivity index (χ1v) is 8.54. The highest BCUT2D eigenvalue weighted by atomic mass is 16.6. The monoisotopic (exact) mass is 390 g/mol. The maximum absolute atomic E-state index is 12.5. The second-order valence-electron chi connectivity index (χ2n) is 6.26. The first-order valence-electron chi connectivity index (χ1n) is 8.54. The molecule has 0 saturated carbocycles. The number of nitrogens with one attached hydrogen (secondary N) is 2. The Morgan fingerprint density at radius 2 is 1.90 bits per heavy atom. The third kappa shape index (κ3) is 3.46. The molecule has 2 aromatic heterocycles. The van der Waals surface area contributed by atoms with Crippen LogP contribution < -0.4 is 10.9 Å². The quantitative estimate of drug-likeness (QED) is 0.406.